The van der Waals surface area contributed by atoms with Crippen molar-refractivity contribution in [1.29, 1.82) is 5.26 Å². The standard InChI is InChI=1S/C18H16BrN3O2/c1-11-8-13(19)18-21-17(14(6-7-20)22(18)10-11)12-4-5-15(23-2)16(9-12)24-3/h4-5,8-10H,6H2,1-3H3. The number of hydrogen-bond acceptors (Lipinski definition) is 4. The monoisotopic (exact) mass is 385 g/mol. The number of pyridine rings is 1. The first kappa shape index (κ1) is 16.3. The minimum absolute atomic E-state index is 0.265. The van der Waals surface area contributed by atoms with Gasteiger partial charge in [-0.05, 0) is 52.7 Å². The van der Waals surface area contributed by atoms with Gasteiger partial charge in [0, 0.05) is 11.8 Å². The van der Waals surface area contributed by atoms with E-state index in [9.17, 15) is 5.26 Å². The zero-order chi connectivity index (χ0) is 17.3. The molecule has 6 heteroatoms. The van der Waals surface area contributed by atoms with Gasteiger partial charge < -0.3 is 13.9 Å². The molecule has 0 saturated carbocycles. The number of imidazole rings is 1. The van der Waals surface area contributed by atoms with Crippen LogP contribution in [-0.4, -0.2) is 23.6 Å². The number of aromatic nitrogens is 2. The van der Waals surface area contributed by atoms with Crippen LogP contribution in [0.2, 0.25) is 0 Å². The first-order valence-electron chi connectivity index (χ1n) is 7.35. The average molecular weight is 386 g/mol. The number of hydrogen-bond donors (Lipinski definition) is 0. The zero-order valence-electron chi connectivity index (χ0n) is 13.6. The van der Waals surface area contributed by atoms with Crippen molar-refractivity contribution in [1.82, 2.24) is 9.38 Å². The Morgan fingerprint density at radius 1 is 1.21 bits per heavy atom. The van der Waals surface area contributed by atoms with Gasteiger partial charge >= 0.3 is 0 Å². The molecule has 0 saturated heterocycles. The lowest BCUT2D eigenvalue weighted by Crippen LogP contribution is -1.95. The number of methoxy groups -OCH3 is 2. The van der Waals surface area contributed by atoms with Crippen LogP contribution >= 0.6 is 15.9 Å². The van der Waals surface area contributed by atoms with E-state index in [-0.39, 0.29) is 6.42 Å². The molecular formula is C18H16BrN3O2. The molecule has 0 bridgehead atoms. The van der Waals surface area contributed by atoms with Gasteiger partial charge in [0.2, 0.25) is 0 Å². The summed E-state index contributed by atoms with van der Waals surface area (Å²) in [6.45, 7) is 2.01. The van der Waals surface area contributed by atoms with Crippen molar-refractivity contribution in [3.8, 4) is 28.8 Å². The van der Waals surface area contributed by atoms with Crippen molar-refractivity contribution in [3.05, 3.63) is 46.2 Å². The molecule has 0 spiro atoms. The van der Waals surface area contributed by atoms with Gasteiger partial charge in [-0.1, -0.05) is 0 Å². The second-order valence-corrected chi connectivity index (χ2v) is 6.23. The van der Waals surface area contributed by atoms with E-state index >= 15 is 0 Å². The molecular weight excluding hydrogens is 370 g/mol. The topological polar surface area (TPSA) is 59.5 Å². The van der Waals surface area contributed by atoms with Crippen LogP contribution in [0.5, 0.6) is 11.5 Å². The van der Waals surface area contributed by atoms with Crippen LogP contribution in [0.1, 0.15) is 11.3 Å². The summed E-state index contributed by atoms with van der Waals surface area (Å²) in [6.07, 6.45) is 2.25. The molecule has 1 aromatic carbocycles. The van der Waals surface area contributed by atoms with Gasteiger partial charge in [-0.2, -0.15) is 5.26 Å². The lowest BCUT2D eigenvalue weighted by molar-refractivity contribution is 0.355. The van der Waals surface area contributed by atoms with Gasteiger partial charge in [0.05, 0.1) is 42.6 Å². The molecule has 24 heavy (non-hydrogen) atoms. The van der Waals surface area contributed by atoms with Gasteiger partial charge in [-0.3, -0.25) is 0 Å². The smallest absolute Gasteiger partial charge is 0.161 e. The number of fused-ring (bicyclic) bond motifs is 1. The Kier molecular flexibility index (Phi) is 4.45. The number of rotatable bonds is 4. The molecule has 3 rings (SSSR count). The maximum atomic E-state index is 9.24. The van der Waals surface area contributed by atoms with E-state index in [2.05, 4.69) is 22.0 Å². The number of aryl methyl sites for hydroxylation is 1. The first-order chi connectivity index (χ1) is 11.6. The SMILES string of the molecule is COc1ccc(-c2nc3c(Br)cc(C)cn3c2CC#N)cc1OC. The number of nitriles is 1. The largest absolute Gasteiger partial charge is 0.493 e. The number of ether oxygens (including phenoxy) is 2. The molecule has 0 aliphatic rings. The molecule has 122 valence electrons. The molecule has 0 unspecified atom stereocenters. The Morgan fingerprint density at radius 2 is 1.96 bits per heavy atom. The fraction of sp³-hybridized carbons (Fsp3) is 0.222. The van der Waals surface area contributed by atoms with E-state index in [0.717, 1.165) is 32.6 Å². The predicted octanol–water partition coefficient (Wildman–Crippen LogP) is 4.16. The fourth-order valence-electron chi connectivity index (χ4n) is 2.74. The third-order valence-corrected chi connectivity index (χ3v) is 4.40. The molecule has 0 radical (unpaired) electrons. The van der Waals surface area contributed by atoms with Gasteiger partial charge in [-0.15, -0.1) is 0 Å². The van der Waals surface area contributed by atoms with Crippen LogP contribution < -0.4 is 9.47 Å². The summed E-state index contributed by atoms with van der Waals surface area (Å²) in [5.41, 5.74) is 4.37. The van der Waals surface area contributed by atoms with E-state index in [1.807, 2.05) is 41.8 Å². The molecule has 0 amide bonds. The van der Waals surface area contributed by atoms with E-state index in [0.29, 0.717) is 11.5 Å². The van der Waals surface area contributed by atoms with Crippen LogP contribution in [0, 0.1) is 18.3 Å². The quantitative estimate of drug-likeness (QED) is 0.676. The number of nitrogens with zero attached hydrogens (tertiary/aromatic N) is 3. The maximum absolute atomic E-state index is 9.24. The molecule has 2 heterocycles. The molecule has 0 aliphatic carbocycles. The van der Waals surface area contributed by atoms with Crippen LogP contribution in [-0.2, 0) is 6.42 Å². The summed E-state index contributed by atoms with van der Waals surface area (Å²) in [7, 11) is 3.20. The predicted molar refractivity (Wildman–Crippen MR) is 95.5 cm³/mol. The van der Waals surface area contributed by atoms with E-state index < -0.39 is 0 Å². The average Bonchev–Trinajstić information content (AvgIpc) is 2.93. The Hall–Kier alpha value is -2.52. The summed E-state index contributed by atoms with van der Waals surface area (Å²) >= 11 is 3.56. The second kappa shape index (κ2) is 6.54. The normalized spacial score (nSPS) is 10.6. The highest BCUT2D eigenvalue weighted by atomic mass is 79.9. The summed E-state index contributed by atoms with van der Waals surface area (Å²) in [4.78, 5) is 4.74. The van der Waals surface area contributed by atoms with Crippen LogP contribution in [0.25, 0.3) is 16.9 Å². The van der Waals surface area contributed by atoms with Gasteiger partial charge in [0.1, 0.15) is 0 Å². The van der Waals surface area contributed by atoms with Crippen LogP contribution in [0.15, 0.2) is 34.9 Å². The molecule has 5 nitrogen and oxygen atoms in total. The highest BCUT2D eigenvalue weighted by molar-refractivity contribution is 9.10. The van der Waals surface area contributed by atoms with Crippen molar-refractivity contribution < 1.29 is 9.47 Å². The lowest BCUT2D eigenvalue weighted by Gasteiger charge is -2.09. The summed E-state index contributed by atoms with van der Waals surface area (Å²) in [5, 5.41) is 9.24. The Bertz CT molecular complexity index is 957. The summed E-state index contributed by atoms with van der Waals surface area (Å²) < 4.78 is 13.5. The Labute approximate surface area is 148 Å². The molecule has 0 fully saturated rings. The molecule has 2 aromatic heterocycles. The van der Waals surface area contributed by atoms with E-state index in [4.69, 9.17) is 14.5 Å². The van der Waals surface area contributed by atoms with Crippen LogP contribution in [0.4, 0.5) is 0 Å². The minimum Gasteiger partial charge on any atom is -0.493 e. The Balaban J connectivity index is 2.28. The molecule has 0 atom stereocenters. The van der Waals surface area contributed by atoms with Gasteiger partial charge in [0.25, 0.3) is 0 Å². The second-order valence-electron chi connectivity index (χ2n) is 5.37. The summed E-state index contributed by atoms with van der Waals surface area (Å²) in [6, 6.07) is 9.88. The van der Waals surface area contributed by atoms with Crippen LogP contribution in [0.3, 0.4) is 0 Å². The maximum Gasteiger partial charge on any atom is 0.161 e. The first-order valence-corrected chi connectivity index (χ1v) is 8.14. The van der Waals surface area contributed by atoms with Crippen molar-refractivity contribution in [3.63, 3.8) is 0 Å². The van der Waals surface area contributed by atoms with E-state index in [1.165, 1.54) is 0 Å². The number of benzene rings is 1. The van der Waals surface area contributed by atoms with Crippen molar-refractivity contribution in [2.75, 3.05) is 14.2 Å². The van der Waals surface area contributed by atoms with Crippen molar-refractivity contribution in [2.24, 2.45) is 0 Å². The third kappa shape index (κ3) is 2.72. The fourth-order valence-corrected chi connectivity index (χ4v) is 3.38. The highest BCUT2D eigenvalue weighted by Crippen LogP contribution is 2.35. The van der Waals surface area contributed by atoms with Crippen molar-refractivity contribution >= 4 is 21.6 Å². The molecule has 0 N–H and O–H groups in total. The third-order valence-electron chi connectivity index (χ3n) is 3.81. The van der Waals surface area contributed by atoms with Crippen molar-refractivity contribution in [2.45, 2.75) is 13.3 Å². The summed E-state index contributed by atoms with van der Waals surface area (Å²) in [5.74, 6) is 1.29. The lowest BCUT2D eigenvalue weighted by atomic mass is 10.1. The highest BCUT2D eigenvalue weighted by Gasteiger charge is 2.17. The number of halogens is 1. The molecule has 0 aliphatic heterocycles. The minimum atomic E-state index is 0.265. The van der Waals surface area contributed by atoms with E-state index in [1.54, 1.807) is 14.2 Å². The zero-order valence-corrected chi connectivity index (χ0v) is 15.2. The van der Waals surface area contributed by atoms with Gasteiger partial charge in [-0.25, -0.2) is 4.98 Å². The van der Waals surface area contributed by atoms with Gasteiger partial charge in [0.15, 0.2) is 17.1 Å². The Morgan fingerprint density at radius 3 is 2.62 bits per heavy atom. The molecule has 3 aromatic rings.